The second-order valence-corrected chi connectivity index (χ2v) is 7.98. The van der Waals surface area contributed by atoms with Gasteiger partial charge in [-0.05, 0) is 28.7 Å². The molecule has 4 unspecified atom stereocenters. The number of nitrogens with zero attached hydrogens (tertiary/aromatic N) is 1. The molecule has 2 aliphatic heterocycles. The topological polar surface area (TPSA) is 59.0 Å². The quantitative estimate of drug-likeness (QED) is 0.888. The number of hydrogen-bond acceptors (Lipinski definition) is 4. The number of amides is 1. The van der Waals surface area contributed by atoms with E-state index >= 15 is 0 Å². The number of aliphatic hydroxyl groups excluding tert-OH is 1. The molecule has 2 saturated heterocycles. The molecule has 2 aromatic rings. The minimum Gasteiger partial charge on any atom is -0.448 e. The highest BCUT2D eigenvalue weighted by Crippen LogP contribution is 2.44. The van der Waals surface area contributed by atoms with Crippen LogP contribution in [0.1, 0.15) is 30.4 Å². The molecule has 0 saturated carbocycles. The molecule has 28 heavy (non-hydrogen) atoms. The summed E-state index contributed by atoms with van der Waals surface area (Å²) in [6, 6.07) is 16.3. The van der Waals surface area contributed by atoms with Crippen LogP contribution >= 0.6 is 0 Å². The predicted molar refractivity (Wildman–Crippen MR) is 105 cm³/mol. The Morgan fingerprint density at radius 2 is 1.79 bits per heavy atom. The van der Waals surface area contributed by atoms with Crippen LogP contribution in [0.15, 0.2) is 48.5 Å². The van der Waals surface area contributed by atoms with Gasteiger partial charge in [-0.15, -0.1) is 0 Å². The Balaban J connectivity index is 1.35. The molecular formula is C23H25NO4. The van der Waals surface area contributed by atoms with Gasteiger partial charge in [-0.25, -0.2) is 4.79 Å². The summed E-state index contributed by atoms with van der Waals surface area (Å²) in [7, 11) is 0. The summed E-state index contributed by atoms with van der Waals surface area (Å²) in [4.78, 5) is 14.6. The first-order chi connectivity index (χ1) is 13.7. The van der Waals surface area contributed by atoms with Crippen LogP contribution in [0.25, 0.3) is 11.1 Å². The Morgan fingerprint density at radius 3 is 2.43 bits per heavy atom. The minimum atomic E-state index is -0.637. The van der Waals surface area contributed by atoms with Gasteiger partial charge in [0, 0.05) is 18.4 Å². The third-order valence-corrected chi connectivity index (χ3v) is 6.54. The van der Waals surface area contributed by atoms with Crippen LogP contribution in [0.5, 0.6) is 0 Å². The van der Waals surface area contributed by atoms with Gasteiger partial charge < -0.3 is 14.6 Å². The highest BCUT2D eigenvalue weighted by atomic mass is 16.6. The van der Waals surface area contributed by atoms with Crippen LogP contribution in [0.2, 0.25) is 0 Å². The number of carbonyl (C=O) groups is 1. The van der Waals surface area contributed by atoms with Crippen molar-refractivity contribution in [2.24, 2.45) is 5.92 Å². The van der Waals surface area contributed by atoms with Gasteiger partial charge in [0.1, 0.15) is 12.7 Å². The van der Waals surface area contributed by atoms with E-state index in [1.165, 1.54) is 22.3 Å². The summed E-state index contributed by atoms with van der Waals surface area (Å²) in [6.07, 6.45) is -0.152. The van der Waals surface area contributed by atoms with Crippen molar-refractivity contribution in [2.75, 3.05) is 19.8 Å². The summed E-state index contributed by atoms with van der Waals surface area (Å²) in [6.45, 7) is 3.27. The summed E-state index contributed by atoms with van der Waals surface area (Å²) >= 11 is 0. The first kappa shape index (κ1) is 17.7. The van der Waals surface area contributed by atoms with Crippen molar-refractivity contribution in [1.29, 1.82) is 0 Å². The summed E-state index contributed by atoms with van der Waals surface area (Å²) in [5.74, 6) is 0.295. The lowest BCUT2D eigenvalue weighted by atomic mass is 9.98. The monoisotopic (exact) mass is 379 g/mol. The maximum absolute atomic E-state index is 12.9. The zero-order valence-corrected chi connectivity index (χ0v) is 16.0. The lowest BCUT2D eigenvalue weighted by molar-refractivity contribution is 0.0555. The molecule has 0 bridgehead atoms. The SMILES string of the molecule is CCC1CN(C(=O)OCC2c3ccccc3-c3ccccc32)C2C(O)COC12. The molecule has 1 aliphatic carbocycles. The zero-order valence-electron chi connectivity index (χ0n) is 16.0. The average Bonchev–Trinajstić information content (AvgIpc) is 3.38. The van der Waals surface area contributed by atoms with Gasteiger partial charge in [-0.2, -0.15) is 0 Å². The van der Waals surface area contributed by atoms with Crippen molar-refractivity contribution < 1.29 is 19.4 Å². The maximum Gasteiger partial charge on any atom is 0.410 e. The Morgan fingerprint density at radius 1 is 1.14 bits per heavy atom. The lowest BCUT2D eigenvalue weighted by Gasteiger charge is -2.25. The Bertz CT molecular complexity index is 852. The summed E-state index contributed by atoms with van der Waals surface area (Å²) < 4.78 is 11.5. The number of likely N-dealkylation sites (tertiary alicyclic amines) is 1. The Kier molecular flexibility index (Phi) is 4.37. The second-order valence-electron chi connectivity index (χ2n) is 7.98. The molecule has 2 fully saturated rings. The van der Waals surface area contributed by atoms with E-state index in [2.05, 4.69) is 31.2 Å². The molecule has 2 aromatic carbocycles. The van der Waals surface area contributed by atoms with Gasteiger partial charge in [0.05, 0.1) is 18.8 Å². The molecule has 0 spiro atoms. The molecule has 5 nitrogen and oxygen atoms in total. The smallest absolute Gasteiger partial charge is 0.410 e. The van der Waals surface area contributed by atoms with E-state index in [0.717, 1.165) is 6.42 Å². The van der Waals surface area contributed by atoms with Crippen LogP contribution in [-0.4, -0.2) is 54.1 Å². The second kappa shape index (κ2) is 6.90. The van der Waals surface area contributed by atoms with E-state index in [1.807, 2.05) is 24.3 Å². The van der Waals surface area contributed by atoms with Crippen molar-refractivity contribution in [2.45, 2.75) is 37.5 Å². The molecular weight excluding hydrogens is 354 g/mol. The van der Waals surface area contributed by atoms with E-state index in [1.54, 1.807) is 4.90 Å². The van der Waals surface area contributed by atoms with Crippen LogP contribution in [0.4, 0.5) is 4.79 Å². The van der Waals surface area contributed by atoms with E-state index in [0.29, 0.717) is 19.8 Å². The molecule has 0 radical (unpaired) electrons. The third-order valence-electron chi connectivity index (χ3n) is 6.54. The summed E-state index contributed by atoms with van der Waals surface area (Å²) in [5, 5.41) is 10.3. The van der Waals surface area contributed by atoms with Gasteiger partial charge in [0.2, 0.25) is 0 Å². The molecule has 2 heterocycles. The highest BCUT2D eigenvalue weighted by molar-refractivity contribution is 5.79. The van der Waals surface area contributed by atoms with Crippen molar-refractivity contribution in [3.63, 3.8) is 0 Å². The fourth-order valence-electron chi connectivity index (χ4n) is 5.14. The van der Waals surface area contributed by atoms with Gasteiger partial charge in [-0.1, -0.05) is 55.5 Å². The molecule has 3 aliphatic rings. The normalized spacial score (nSPS) is 28.1. The molecule has 5 rings (SSSR count). The van der Waals surface area contributed by atoms with Gasteiger partial charge in [-0.3, -0.25) is 4.90 Å². The van der Waals surface area contributed by atoms with E-state index in [4.69, 9.17) is 9.47 Å². The largest absolute Gasteiger partial charge is 0.448 e. The number of fused-ring (bicyclic) bond motifs is 4. The number of ether oxygens (including phenoxy) is 2. The molecule has 1 N–H and O–H groups in total. The first-order valence-corrected chi connectivity index (χ1v) is 10.1. The molecule has 5 heteroatoms. The minimum absolute atomic E-state index is 0.0430. The number of carbonyl (C=O) groups excluding carboxylic acids is 1. The average molecular weight is 379 g/mol. The van der Waals surface area contributed by atoms with Crippen LogP contribution in [0.3, 0.4) is 0 Å². The predicted octanol–water partition coefficient (Wildman–Crippen LogP) is 3.41. The number of hydrogen-bond donors (Lipinski definition) is 1. The van der Waals surface area contributed by atoms with Crippen molar-refractivity contribution >= 4 is 6.09 Å². The molecule has 1 amide bonds. The molecule has 4 atom stereocenters. The number of benzene rings is 2. The maximum atomic E-state index is 12.9. The van der Waals surface area contributed by atoms with Gasteiger partial charge in [0.25, 0.3) is 0 Å². The summed E-state index contributed by atoms with van der Waals surface area (Å²) in [5.41, 5.74) is 4.83. The number of rotatable bonds is 3. The van der Waals surface area contributed by atoms with E-state index in [9.17, 15) is 9.90 Å². The Hall–Kier alpha value is -2.37. The van der Waals surface area contributed by atoms with Crippen LogP contribution in [0, 0.1) is 5.92 Å². The fraction of sp³-hybridized carbons (Fsp3) is 0.435. The standard InChI is InChI=1S/C23H25NO4/c1-2-14-11-24(21-20(25)13-27-22(14)21)23(26)28-12-19-17-9-5-3-7-15(17)16-8-4-6-10-18(16)19/h3-10,14,19-22,25H,2,11-13H2,1H3. The lowest BCUT2D eigenvalue weighted by Crippen LogP contribution is -2.44. The number of aliphatic hydroxyl groups is 1. The zero-order chi connectivity index (χ0) is 19.3. The molecule has 0 aromatic heterocycles. The van der Waals surface area contributed by atoms with Crippen molar-refractivity contribution in [3.8, 4) is 11.1 Å². The van der Waals surface area contributed by atoms with Crippen molar-refractivity contribution in [1.82, 2.24) is 4.90 Å². The third kappa shape index (κ3) is 2.65. The van der Waals surface area contributed by atoms with E-state index < -0.39 is 6.10 Å². The fourth-order valence-corrected chi connectivity index (χ4v) is 5.14. The molecule has 146 valence electrons. The van der Waals surface area contributed by atoms with E-state index in [-0.39, 0.29) is 30.1 Å². The highest BCUT2D eigenvalue weighted by Gasteiger charge is 2.52. The van der Waals surface area contributed by atoms with Gasteiger partial charge >= 0.3 is 6.09 Å². The Labute approximate surface area is 164 Å². The van der Waals surface area contributed by atoms with Crippen LogP contribution in [-0.2, 0) is 9.47 Å². The van der Waals surface area contributed by atoms with Gasteiger partial charge in [0.15, 0.2) is 0 Å². The van der Waals surface area contributed by atoms with Crippen LogP contribution < -0.4 is 0 Å². The first-order valence-electron chi connectivity index (χ1n) is 10.1. The van der Waals surface area contributed by atoms with Crippen molar-refractivity contribution in [3.05, 3.63) is 59.7 Å².